The molecule has 0 saturated heterocycles. The number of pyridine rings is 1. The number of ether oxygens (including phenoxy) is 1. The van der Waals surface area contributed by atoms with Crippen LogP contribution in [0.5, 0.6) is 0 Å². The predicted octanol–water partition coefficient (Wildman–Crippen LogP) is 4.91. The molecule has 18 nitrogen and oxygen atoms in total. The van der Waals surface area contributed by atoms with Gasteiger partial charge in [0.1, 0.15) is 19.2 Å². The summed E-state index contributed by atoms with van der Waals surface area (Å²) in [6, 6.07) is 14.9. The predicted molar refractivity (Wildman–Crippen MR) is 259 cm³/mol. The van der Waals surface area contributed by atoms with Gasteiger partial charge < -0.3 is 42.0 Å². The number of nitrogen functional groups attached to an aromatic ring is 2. The second kappa shape index (κ2) is 21.1. The highest BCUT2D eigenvalue weighted by molar-refractivity contribution is 6.14. The Bertz CT molecular complexity index is 2730. The number of nitrogens with zero attached hydrogens (tertiary/aromatic N) is 6. The lowest BCUT2D eigenvalue weighted by Gasteiger charge is -2.33. The van der Waals surface area contributed by atoms with E-state index in [4.69, 9.17) is 29.0 Å². The lowest BCUT2D eigenvalue weighted by atomic mass is 9.79. The molecule has 9 N–H and O–H groups in total. The first-order valence-electron chi connectivity index (χ1n) is 22.5. The molecule has 2 aromatic carbocycles. The minimum absolute atomic E-state index is 0.0291. The van der Waals surface area contributed by atoms with Crippen LogP contribution in [0, 0.1) is 10.8 Å². The van der Waals surface area contributed by atoms with Crippen LogP contribution in [-0.2, 0) is 33.8 Å². The van der Waals surface area contributed by atoms with Crippen molar-refractivity contribution in [3.63, 3.8) is 0 Å². The third-order valence-corrected chi connectivity index (χ3v) is 11.2. The highest BCUT2D eigenvalue weighted by Gasteiger charge is 2.28. The maximum absolute atomic E-state index is 13.1. The summed E-state index contributed by atoms with van der Waals surface area (Å²) in [7, 11) is 6.51. The Kier molecular flexibility index (Phi) is 15.6. The summed E-state index contributed by atoms with van der Waals surface area (Å²) >= 11 is 0. The van der Waals surface area contributed by atoms with Crippen molar-refractivity contribution in [1.29, 1.82) is 0 Å². The van der Waals surface area contributed by atoms with Crippen molar-refractivity contribution in [2.45, 2.75) is 105 Å². The first-order valence-corrected chi connectivity index (χ1v) is 22.5. The van der Waals surface area contributed by atoms with Gasteiger partial charge in [-0.05, 0) is 56.5 Å². The number of imidazole rings is 1. The molecule has 3 amide bonds. The van der Waals surface area contributed by atoms with Gasteiger partial charge in [-0.25, -0.2) is 19.9 Å². The number of fused-ring (bicyclic) bond motifs is 4. The van der Waals surface area contributed by atoms with E-state index in [1.54, 1.807) is 31.2 Å². The minimum Gasteiger partial charge on any atom is -0.385 e. The van der Waals surface area contributed by atoms with Crippen molar-refractivity contribution in [2.24, 2.45) is 10.8 Å². The lowest BCUT2D eigenvalue weighted by Crippen LogP contribution is -2.41. The largest absolute Gasteiger partial charge is 0.385 e. The summed E-state index contributed by atoms with van der Waals surface area (Å²) in [6.07, 6.45) is 5.54. The van der Waals surface area contributed by atoms with E-state index >= 15 is 0 Å². The van der Waals surface area contributed by atoms with Crippen molar-refractivity contribution < 1.29 is 19.1 Å². The van der Waals surface area contributed by atoms with Crippen LogP contribution in [0.3, 0.4) is 0 Å². The Hall–Kier alpha value is -6.63. The summed E-state index contributed by atoms with van der Waals surface area (Å²) in [6.45, 7) is 14.4. The Morgan fingerprint density at radius 2 is 1.56 bits per heavy atom. The molecule has 66 heavy (non-hydrogen) atoms. The van der Waals surface area contributed by atoms with Crippen LogP contribution in [0.4, 0.5) is 17.5 Å². The summed E-state index contributed by atoms with van der Waals surface area (Å²) in [5.74, 6) is 0.831. The molecule has 0 spiro atoms. The van der Waals surface area contributed by atoms with Crippen LogP contribution < -0.4 is 38.3 Å². The van der Waals surface area contributed by atoms with Gasteiger partial charge in [0, 0.05) is 78.4 Å². The number of unbranched alkanes of at least 4 members (excludes halogenated alkanes) is 1. The molecule has 4 heterocycles. The molecule has 0 aliphatic carbocycles. The monoisotopic (exact) mass is 900 g/mol. The van der Waals surface area contributed by atoms with Gasteiger partial charge in [-0.15, -0.1) is 0 Å². The number of nitrogens with one attached hydrogen (secondary N) is 5. The molecule has 6 aromatic rings. The van der Waals surface area contributed by atoms with E-state index in [1.165, 1.54) is 6.20 Å². The maximum atomic E-state index is 13.1. The highest BCUT2D eigenvalue weighted by atomic mass is 16.5. The SMILES string of the molecule is [B]C(C)(CCC(=O)NCC(C)(C)Cn1c(CCCC)nc2c(N)nc3ccccc3c21)OCC(C)(C)CNC(=O)CCCNC(=O)c1ccc(NCc2cnc3nc(N)[nH]c(=O)c3n2)cc1. The molecule has 0 saturated carbocycles. The molecule has 4 aromatic heterocycles. The zero-order valence-corrected chi connectivity index (χ0v) is 38.8. The fraction of sp³-hybridized carbons (Fsp3) is 0.468. The van der Waals surface area contributed by atoms with E-state index < -0.39 is 16.5 Å². The number of rotatable bonds is 23. The number of para-hydroxylation sites is 1. The van der Waals surface area contributed by atoms with Gasteiger partial charge in [0.2, 0.25) is 17.8 Å². The fourth-order valence-electron chi connectivity index (χ4n) is 7.32. The number of nitrogens with two attached hydrogens (primary N) is 2. The first-order chi connectivity index (χ1) is 31.3. The molecular weight excluding hydrogens is 837 g/mol. The third kappa shape index (κ3) is 13.2. The number of H-pyrrole nitrogens is 1. The number of benzene rings is 2. The van der Waals surface area contributed by atoms with Gasteiger partial charge in [0.25, 0.3) is 11.5 Å². The Morgan fingerprint density at radius 3 is 2.30 bits per heavy atom. The molecule has 6 rings (SSSR count). The number of carbonyl (C=O) groups excluding carboxylic acids is 3. The molecule has 2 radical (unpaired) electrons. The molecule has 1 atom stereocenters. The molecule has 0 aliphatic rings. The summed E-state index contributed by atoms with van der Waals surface area (Å²) in [4.78, 5) is 75.1. The Balaban J connectivity index is 0.870. The second-order valence-corrected chi connectivity index (χ2v) is 18.7. The topological polar surface area (TPSA) is 263 Å². The number of anilines is 3. The van der Waals surface area contributed by atoms with Crippen LogP contribution in [0.2, 0.25) is 0 Å². The Labute approximate surface area is 385 Å². The number of aryl methyl sites for hydroxylation is 1. The molecule has 0 aliphatic heterocycles. The van der Waals surface area contributed by atoms with E-state index in [0.717, 1.165) is 47.2 Å². The van der Waals surface area contributed by atoms with Crippen LogP contribution in [0.15, 0.2) is 59.5 Å². The van der Waals surface area contributed by atoms with Crippen molar-refractivity contribution >= 4 is 76.1 Å². The molecule has 348 valence electrons. The van der Waals surface area contributed by atoms with Gasteiger partial charge in [-0.1, -0.05) is 59.2 Å². The Morgan fingerprint density at radius 1 is 0.848 bits per heavy atom. The number of amides is 3. The number of aromatic nitrogens is 7. The van der Waals surface area contributed by atoms with Crippen molar-refractivity contribution in [3.05, 3.63) is 82.2 Å². The van der Waals surface area contributed by atoms with Gasteiger partial charge in [0.15, 0.2) is 17.0 Å². The normalized spacial score (nSPS) is 12.9. The van der Waals surface area contributed by atoms with Crippen LogP contribution in [-0.4, -0.2) is 91.8 Å². The first kappa shape index (κ1) is 48.8. The van der Waals surface area contributed by atoms with E-state index in [2.05, 4.69) is 77.6 Å². The van der Waals surface area contributed by atoms with Crippen molar-refractivity contribution in [1.82, 2.24) is 50.4 Å². The lowest BCUT2D eigenvalue weighted by molar-refractivity contribution is -0.124. The van der Waals surface area contributed by atoms with Gasteiger partial charge >= 0.3 is 0 Å². The minimum atomic E-state index is -1.06. The highest BCUT2D eigenvalue weighted by Crippen LogP contribution is 2.32. The molecule has 0 bridgehead atoms. The molecular formula is C47H62BN13O5. The quantitative estimate of drug-likeness (QED) is 0.0334. The van der Waals surface area contributed by atoms with Gasteiger partial charge in [-0.3, -0.25) is 24.2 Å². The van der Waals surface area contributed by atoms with Crippen LogP contribution >= 0.6 is 0 Å². The number of carbonyl (C=O) groups is 3. The second-order valence-electron chi connectivity index (χ2n) is 18.7. The smallest absolute Gasteiger partial charge is 0.280 e. The number of aromatic amines is 1. The molecule has 1 unspecified atom stereocenters. The molecule has 0 fully saturated rings. The number of hydrogen-bond donors (Lipinski definition) is 7. The standard InChI is InChI=1S/C47H62BN13O5/c1-7-8-14-34-58-37-39(32-12-9-10-13-33(32)57-40(37)49)61(34)27-45(2,3)25-54-36(63)20-21-47(6,48)66-28-46(4,5)26-55-35(62)15-11-22-51-42(64)29-16-18-30(19-17-29)52-23-31-24-53-41-38(56-31)43(65)60-44(50)59-41/h9-10,12-13,16-19,24,52H,7-8,11,14-15,20-23,25-28H2,1-6H3,(H2,49,57)(H,51,64)(H,54,63)(H,55,62)(H3,50,53,59,60,65). The summed E-state index contributed by atoms with van der Waals surface area (Å²) in [5.41, 5.74) is 14.2. The third-order valence-electron chi connectivity index (χ3n) is 11.2. The van der Waals surface area contributed by atoms with Crippen LogP contribution in [0.1, 0.15) is 102 Å². The fourth-order valence-corrected chi connectivity index (χ4v) is 7.32. The van der Waals surface area contributed by atoms with E-state index in [9.17, 15) is 19.2 Å². The summed E-state index contributed by atoms with van der Waals surface area (Å²) < 4.78 is 8.35. The van der Waals surface area contributed by atoms with E-state index in [-0.39, 0.29) is 59.7 Å². The number of hydrogen-bond acceptors (Lipinski definition) is 13. The van der Waals surface area contributed by atoms with Crippen molar-refractivity contribution in [2.75, 3.05) is 43.0 Å². The zero-order chi connectivity index (χ0) is 47.6. The van der Waals surface area contributed by atoms with Gasteiger partial charge in [0.05, 0.1) is 36.1 Å². The maximum Gasteiger partial charge on any atom is 0.280 e. The van der Waals surface area contributed by atoms with Crippen LogP contribution in [0.25, 0.3) is 33.1 Å². The molecule has 19 heteroatoms. The zero-order valence-electron chi connectivity index (χ0n) is 38.8. The van der Waals surface area contributed by atoms with E-state index in [1.807, 2.05) is 32.0 Å². The average molecular weight is 900 g/mol. The van der Waals surface area contributed by atoms with E-state index in [0.29, 0.717) is 68.2 Å². The average Bonchev–Trinajstić information content (AvgIpc) is 3.64. The van der Waals surface area contributed by atoms with Gasteiger partial charge in [-0.2, -0.15) is 4.98 Å². The summed E-state index contributed by atoms with van der Waals surface area (Å²) in [5, 5.41) is 13.1. The van der Waals surface area contributed by atoms with Crippen molar-refractivity contribution in [3.8, 4) is 0 Å².